The van der Waals surface area contributed by atoms with Gasteiger partial charge in [-0.05, 0) is 55.5 Å². The van der Waals surface area contributed by atoms with Crippen LogP contribution in [0.2, 0.25) is 0 Å². The fourth-order valence-electron chi connectivity index (χ4n) is 3.54. The van der Waals surface area contributed by atoms with Crippen molar-refractivity contribution >= 4 is 30.1 Å². The maximum atomic E-state index is 12.6. The first-order chi connectivity index (χ1) is 10.6. The molecule has 5 heteroatoms. The van der Waals surface area contributed by atoms with Crippen molar-refractivity contribution in [3.8, 4) is 0 Å². The van der Waals surface area contributed by atoms with Crippen LogP contribution in [0.1, 0.15) is 43.5 Å². The van der Waals surface area contributed by atoms with Crippen LogP contribution in [-0.4, -0.2) is 42.2 Å². The number of thioether (sulfide) groups is 1. The van der Waals surface area contributed by atoms with E-state index in [9.17, 15) is 4.79 Å². The normalized spacial score (nSPS) is 19.9. The van der Waals surface area contributed by atoms with E-state index >= 15 is 0 Å². The third-order valence-electron chi connectivity index (χ3n) is 4.92. The number of nitrogens with one attached hydrogen (secondary N) is 1. The van der Waals surface area contributed by atoms with Gasteiger partial charge in [0.2, 0.25) is 0 Å². The number of piperidine rings is 1. The molecule has 128 valence electrons. The topological polar surface area (TPSA) is 32.3 Å². The minimum atomic E-state index is 0. The number of rotatable bonds is 3. The van der Waals surface area contributed by atoms with E-state index in [4.69, 9.17) is 0 Å². The van der Waals surface area contributed by atoms with Crippen molar-refractivity contribution in [1.29, 1.82) is 0 Å². The van der Waals surface area contributed by atoms with E-state index in [1.807, 2.05) is 28.8 Å². The summed E-state index contributed by atoms with van der Waals surface area (Å²) in [7, 11) is 0. The number of carbonyl (C=O) groups excluding carboxylic acids is 1. The number of hydrogen-bond acceptors (Lipinski definition) is 3. The highest BCUT2D eigenvalue weighted by Gasteiger charge is 2.38. The molecule has 2 heterocycles. The smallest absolute Gasteiger partial charge is 0.253 e. The van der Waals surface area contributed by atoms with Crippen molar-refractivity contribution in [2.75, 3.05) is 26.2 Å². The van der Waals surface area contributed by atoms with Gasteiger partial charge in [0.1, 0.15) is 0 Å². The Hall–Kier alpha value is -0.710. The van der Waals surface area contributed by atoms with Gasteiger partial charge in [-0.15, -0.1) is 24.2 Å². The molecule has 3 nitrogen and oxygen atoms in total. The Morgan fingerprint density at radius 1 is 1.17 bits per heavy atom. The highest BCUT2D eigenvalue weighted by Crippen LogP contribution is 2.37. The number of hydrogen-bond donors (Lipinski definition) is 1. The summed E-state index contributed by atoms with van der Waals surface area (Å²) in [5.74, 6) is 0.196. The second kappa shape index (κ2) is 7.91. The Morgan fingerprint density at radius 3 is 2.35 bits per heavy atom. The summed E-state index contributed by atoms with van der Waals surface area (Å²) in [6, 6.07) is 8.11. The van der Waals surface area contributed by atoms with Crippen LogP contribution in [0, 0.1) is 5.41 Å². The average molecular weight is 355 g/mol. The Balaban J connectivity index is 0.00000192. The van der Waals surface area contributed by atoms with Gasteiger partial charge in [0.25, 0.3) is 5.91 Å². The molecule has 2 aliphatic heterocycles. The first-order valence-corrected chi connectivity index (χ1v) is 9.23. The maximum absolute atomic E-state index is 12.6. The first-order valence-electron chi connectivity index (χ1n) is 8.35. The quantitative estimate of drug-likeness (QED) is 0.837. The largest absolute Gasteiger partial charge is 0.339 e. The first kappa shape index (κ1) is 18.6. The van der Waals surface area contributed by atoms with Crippen LogP contribution in [0.5, 0.6) is 0 Å². The molecule has 3 rings (SSSR count). The highest BCUT2D eigenvalue weighted by atomic mass is 35.5. The van der Waals surface area contributed by atoms with Crippen LogP contribution in [0.4, 0.5) is 0 Å². The third-order valence-corrected chi connectivity index (χ3v) is 5.93. The van der Waals surface area contributed by atoms with Gasteiger partial charge < -0.3 is 10.2 Å². The zero-order valence-electron chi connectivity index (χ0n) is 14.0. The van der Waals surface area contributed by atoms with Crippen LogP contribution in [-0.2, 0) is 0 Å². The van der Waals surface area contributed by atoms with E-state index in [1.54, 1.807) is 0 Å². The maximum Gasteiger partial charge on any atom is 0.253 e. The summed E-state index contributed by atoms with van der Waals surface area (Å²) in [6.07, 6.45) is 3.57. The van der Waals surface area contributed by atoms with Gasteiger partial charge >= 0.3 is 0 Å². The van der Waals surface area contributed by atoms with Crippen molar-refractivity contribution in [3.63, 3.8) is 0 Å². The number of benzene rings is 1. The predicted molar refractivity (Wildman–Crippen MR) is 99.7 cm³/mol. The lowest BCUT2D eigenvalue weighted by Crippen LogP contribution is -2.44. The molecule has 2 saturated heterocycles. The van der Waals surface area contributed by atoms with Gasteiger partial charge in [0, 0.05) is 35.3 Å². The Bertz CT molecular complexity index is 516. The van der Waals surface area contributed by atoms with Crippen molar-refractivity contribution < 1.29 is 4.79 Å². The number of amides is 1. The Kier molecular flexibility index (Phi) is 6.40. The molecule has 1 aromatic rings. The molecule has 0 saturated carbocycles. The van der Waals surface area contributed by atoms with E-state index in [1.165, 1.54) is 11.3 Å². The van der Waals surface area contributed by atoms with Crippen LogP contribution in [0.3, 0.4) is 0 Å². The van der Waals surface area contributed by atoms with Crippen LogP contribution in [0.25, 0.3) is 0 Å². The van der Waals surface area contributed by atoms with E-state index in [-0.39, 0.29) is 18.3 Å². The number of carbonyl (C=O) groups is 1. The number of halogens is 1. The van der Waals surface area contributed by atoms with Crippen LogP contribution >= 0.6 is 24.2 Å². The summed E-state index contributed by atoms with van der Waals surface area (Å²) >= 11 is 1.84. The van der Waals surface area contributed by atoms with Crippen molar-refractivity contribution in [2.24, 2.45) is 5.41 Å². The van der Waals surface area contributed by atoms with Gasteiger partial charge in [0.15, 0.2) is 0 Å². The average Bonchev–Trinajstić information content (AvgIpc) is 2.96. The summed E-state index contributed by atoms with van der Waals surface area (Å²) in [6.45, 7) is 8.46. The molecular weight excluding hydrogens is 328 g/mol. The van der Waals surface area contributed by atoms with Crippen molar-refractivity contribution in [2.45, 2.75) is 43.3 Å². The van der Waals surface area contributed by atoms with Crippen LogP contribution in [0.15, 0.2) is 29.2 Å². The third kappa shape index (κ3) is 4.43. The lowest BCUT2D eigenvalue weighted by Gasteiger charge is -2.38. The highest BCUT2D eigenvalue weighted by molar-refractivity contribution is 7.99. The molecule has 0 aliphatic carbocycles. The van der Waals surface area contributed by atoms with Crippen LogP contribution < -0.4 is 5.32 Å². The minimum Gasteiger partial charge on any atom is -0.339 e. The lowest BCUT2D eigenvalue weighted by molar-refractivity contribution is 0.0607. The molecule has 23 heavy (non-hydrogen) atoms. The monoisotopic (exact) mass is 354 g/mol. The van der Waals surface area contributed by atoms with E-state index < -0.39 is 0 Å². The summed E-state index contributed by atoms with van der Waals surface area (Å²) < 4.78 is 0. The fraction of sp³-hybridized carbons (Fsp3) is 0.611. The van der Waals surface area contributed by atoms with E-state index in [0.717, 1.165) is 44.6 Å². The molecule has 0 bridgehead atoms. The molecule has 2 aliphatic rings. The molecule has 1 N–H and O–H groups in total. The number of likely N-dealkylation sites (tertiary alicyclic amines) is 1. The zero-order chi connectivity index (χ0) is 15.6. The second-order valence-electron chi connectivity index (χ2n) is 6.91. The summed E-state index contributed by atoms with van der Waals surface area (Å²) in [5.41, 5.74) is 1.29. The zero-order valence-corrected chi connectivity index (χ0v) is 15.6. The predicted octanol–water partition coefficient (Wildman–Crippen LogP) is 3.82. The molecule has 2 fully saturated rings. The number of nitrogens with zero attached hydrogens (tertiary/aromatic N) is 1. The molecule has 1 aromatic carbocycles. The summed E-state index contributed by atoms with van der Waals surface area (Å²) in [5, 5.41) is 4.04. The molecule has 0 radical (unpaired) electrons. The molecule has 1 spiro atoms. The molecule has 0 unspecified atom stereocenters. The van der Waals surface area contributed by atoms with Gasteiger partial charge in [0.05, 0.1) is 0 Å². The van der Waals surface area contributed by atoms with Crippen molar-refractivity contribution in [1.82, 2.24) is 10.2 Å². The molecule has 1 amide bonds. The molecule has 0 atom stereocenters. The Morgan fingerprint density at radius 2 is 1.83 bits per heavy atom. The van der Waals surface area contributed by atoms with Gasteiger partial charge in [-0.3, -0.25) is 4.79 Å². The van der Waals surface area contributed by atoms with Crippen molar-refractivity contribution in [3.05, 3.63) is 29.8 Å². The minimum absolute atomic E-state index is 0. The second-order valence-corrected chi connectivity index (χ2v) is 8.56. The van der Waals surface area contributed by atoms with E-state index in [0.29, 0.717) is 10.7 Å². The Labute approximate surface area is 150 Å². The molecule has 0 aromatic heterocycles. The van der Waals surface area contributed by atoms with E-state index in [2.05, 4.69) is 31.3 Å². The molecular formula is C18H27ClN2OS. The fourth-order valence-corrected chi connectivity index (χ4v) is 4.37. The van der Waals surface area contributed by atoms with Gasteiger partial charge in [-0.1, -0.05) is 13.8 Å². The van der Waals surface area contributed by atoms with Gasteiger partial charge in [-0.2, -0.15) is 0 Å². The standard InChI is InChI=1S/C18H26N2OS.ClH/c1-14(2)22-16-5-3-15(4-6-16)17(21)20-11-8-18(9-12-20)7-10-19-13-18;/h3-6,14,19H,7-13H2,1-2H3;1H. The SMILES string of the molecule is CC(C)Sc1ccc(C(=O)N2CCC3(CCNC3)CC2)cc1.Cl. The van der Waals surface area contributed by atoms with Gasteiger partial charge in [-0.25, -0.2) is 0 Å². The summed E-state index contributed by atoms with van der Waals surface area (Å²) in [4.78, 5) is 15.9. The lowest BCUT2D eigenvalue weighted by atomic mass is 9.78.